The van der Waals surface area contributed by atoms with Crippen LogP contribution in [0.25, 0.3) is 0 Å². The van der Waals surface area contributed by atoms with Crippen LogP contribution in [0.15, 0.2) is 18.2 Å². The number of benzene rings is 1. The Bertz CT molecular complexity index is 597. The summed E-state index contributed by atoms with van der Waals surface area (Å²) < 4.78 is 0. The number of halogens is 1. The molecule has 0 aromatic heterocycles. The first-order valence-corrected chi connectivity index (χ1v) is 9.87. The number of urea groups is 1. The van der Waals surface area contributed by atoms with Gasteiger partial charge in [0.25, 0.3) is 0 Å². The summed E-state index contributed by atoms with van der Waals surface area (Å²) >= 11 is 6.37. The Labute approximate surface area is 156 Å². The van der Waals surface area contributed by atoms with Crippen LogP contribution in [0, 0.1) is 5.92 Å². The first kappa shape index (κ1) is 18.5. The van der Waals surface area contributed by atoms with E-state index in [4.69, 9.17) is 11.6 Å². The molecule has 5 heteroatoms. The second-order valence-corrected chi connectivity index (χ2v) is 8.16. The van der Waals surface area contributed by atoms with Gasteiger partial charge in [0, 0.05) is 38.2 Å². The molecule has 2 amide bonds. The maximum atomic E-state index is 11.8. The van der Waals surface area contributed by atoms with Gasteiger partial charge in [-0.25, -0.2) is 4.79 Å². The second kappa shape index (κ2) is 8.41. The summed E-state index contributed by atoms with van der Waals surface area (Å²) in [5.74, 6) is 0.792. The van der Waals surface area contributed by atoms with Gasteiger partial charge in [0.1, 0.15) is 0 Å². The van der Waals surface area contributed by atoms with Crippen molar-refractivity contribution >= 4 is 17.6 Å². The molecule has 1 aromatic carbocycles. The fourth-order valence-corrected chi connectivity index (χ4v) is 4.30. The number of carbonyl (C=O) groups excluding carboxylic acids is 1. The zero-order valence-corrected chi connectivity index (χ0v) is 16.2. The predicted octanol–water partition coefficient (Wildman–Crippen LogP) is 3.92. The Morgan fingerprint density at radius 2 is 2.04 bits per heavy atom. The van der Waals surface area contributed by atoms with Gasteiger partial charge in [0.05, 0.1) is 0 Å². The molecular weight excluding hydrogens is 334 g/mol. The minimum absolute atomic E-state index is 0.0345. The molecule has 0 atom stereocenters. The molecule has 3 rings (SSSR count). The van der Waals surface area contributed by atoms with Gasteiger partial charge in [-0.05, 0) is 68.2 Å². The molecule has 1 N–H and O–H groups in total. The fraction of sp³-hybridized carbons (Fsp3) is 0.650. The van der Waals surface area contributed by atoms with Crippen molar-refractivity contribution in [3.8, 4) is 0 Å². The molecule has 1 aliphatic heterocycles. The standard InChI is InChI=1S/C20H30ClN3O/c1-23(2)20(25)22-17-8-6-15(7-9-17)10-12-24-13-11-16-4-3-5-19(21)18(16)14-24/h3-5,15,17H,6-14H2,1-2H3,(H,22,25). The van der Waals surface area contributed by atoms with Crippen LogP contribution in [0.5, 0.6) is 0 Å². The van der Waals surface area contributed by atoms with E-state index in [-0.39, 0.29) is 6.03 Å². The van der Waals surface area contributed by atoms with E-state index in [2.05, 4.69) is 22.3 Å². The average molecular weight is 364 g/mol. The molecule has 138 valence electrons. The summed E-state index contributed by atoms with van der Waals surface area (Å²) in [6.45, 7) is 3.29. The van der Waals surface area contributed by atoms with Crippen LogP contribution in [0.2, 0.25) is 5.02 Å². The predicted molar refractivity (Wildman–Crippen MR) is 103 cm³/mol. The van der Waals surface area contributed by atoms with Gasteiger partial charge in [0.15, 0.2) is 0 Å². The molecule has 2 aliphatic rings. The van der Waals surface area contributed by atoms with E-state index in [1.165, 1.54) is 30.4 Å². The number of amides is 2. The SMILES string of the molecule is CN(C)C(=O)NC1CCC(CCN2CCc3cccc(Cl)c3C2)CC1. The summed E-state index contributed by atoms with van der Waals surface area (Å²) in [6.07, 6.45) is 7.04. The van der Waals surface area contributed by atoms with Crippen molar-refractivity contribution in [2.75, 3.05) is 27.2 Å². The van der Waals surface area contributed by atoms with E-state index < -0.39 is 0 Å². The first-order chi connectivity index (χ1) is 12.0. The van der Waals surface area contributed by atoms with E-state index in [0.29, 0.717) is 6.04 Å². The van der Waals surface area contributed by atoms with Crippen LogP contribution in [-0.4, -0.2) is 49.1 Å². The van der Waals surface area contributed by atoms with Gasteiger partial charge in [0.2, 0.25) is 0 Å². The van der Waals surface area contributed by atoms with Crippen molar-refractivity contribution in [3.63, 3.8) is 0 Å². The van der Waals surface area contributed by atoms with Gasteiger partial charge in [-0.15, -0.1) is 0 Å². The van der Waals surface area contributed by atoms with E-state index in [9.17, 15) is 4.79 Å². The van der Waals surface area contributed by atoms with Gasteiger partial charge >= 0.3 is 6.03 Å². The quantitative estimate of drug-likeness (QED) is 0.880. The van der Waals surface area contributed by atoms with Crippen LogP contribution >= 0.6 is 11.6 Å². The van der Waals surface area contributed by atoms with E-state index in [0.717, 1.165) is 49.8 Å². The van der Waals surface area contributed by atoms with Crippen molar-refractivity contribution in [2.45, 2.75) is 51.1 Å². The smallest absolute Gasteiger partial charge is 0.317 e. The van der Waals surface area contributed by atoms with E-state index in [1.54, 1.807) is 19.0 Å². The number of hydrogen-bond donors (Lipinski definition) is 1. The molecule has 1 heterocycles. The van der Waals surface area contributed by atoms with Gasteiger partial charge < -0.3 is 10.2 Å². The van der Waals surface area contributed by atoms with Gasteiger partial charge in [-0.1, -0.05) is 23.7 Å². The zero-order chi connectivity index (χ0) is 17.8. The molecule has 0 unspecified atom stereocenters. The van der Waals surface area contributed by atoms with Crippen molar-refractivity contribution in [1.29, 1.82) is 0 Å². The van der Waals surface area contributed by atoms with Crippen LogP contribution in [0.3, 0.4) is 0 Å². The molecule has 1 fully saturated rings. The van der Waals surface area contributed by atoms with Crippen LogP contribution in [-0.2, 0) is 13.0 Å². The molecule has 0 saturated heterocycles. The van der Waals surface area contributed by atoms with E-state index in [1.807, 2.05) is 6.07 Å². The van der Waals surface area contributed by atoms with Crippen molar-refractivity contribution in [1.82, 2.24) is 15.1 Å². The maximum absolute atomic E-state index is 11.8. The summed E-state index contributed by atoms with van der Waals surface area (Å²) in [5, 5.41) is 4.04. The Morgan fingerprint density at radius 3 is 2.76 bits per heavy atom. The second-order valence-electron chi connectivity index (χ2n) is 7.75. The molecule has 1 aromatic rings. The van der Waals surface area contributed by atoms with Gasteiger partial charge in [-0.2, -0.15) is 0 Å². The number of carbonyl (C=O) groups is 1. The Balaban J connectivity index is 1.41. The Morgan fingerprint density at radius 1 is 1.28 bits per heavy atom. The number of fused-ring (bicyclic) bond motifs is 1. The molecule has 1 aliphatic carbocycles. The first-order valence-electron chi connectivity index (χ1n) is 9.49. The van der Waals surface area contributed by atoms with Crippen molar-refractivity contribution < 1.29 is 4.79 Å². The summed E-state index contributed by atoms with van der Waals surface area (Å²) in [7, 11) is 3.59. The highest BCUT2D eigenvalue weighted by atomic mass is 35.5. The third-order valence-electron chi connectivity index (χ3n) is 5.73. The molecule has 25 heavy (non-hydrogen) atoms. The highest BCUT2D eigenvalue weighted by Gasteiger charge is 2.24. The van der Waals surface area contributed by atoms with Crippen LogP contribution in [0.1, 0.15) is 43.2 Å². The number of nitrogens with one attached hydrogen (secondary N) is 1. The zero-order valence-electron chi connectivity index (χ0n) is 15.4. The molecule has 4 nitrogen and oxygen atoms in total. The van der Waals surface area contributed by atoms with Gasteiger partial charge in [-0.3, -0.25) is 4.90 Å². The summed E-state index contributed by atoms with van der Waals surface area (Å²) in [6, 6.07) is 6.67. The highest BCUT2D eigenvalue weighted by molar-refractivity contribution is 6.31. The lowest BCUT2D eigenvalue weighted by molar-refractivity contribution is 0.193. The lowest BCUT2D eigenvalue weighted by Gasteiger charge is -2.33. The van der Waals surface area contributed by atoms with Crippen LogP contribution < -0.4 is 5.32 Å². The molecule has 0 bridgehead atoms. The fourth-order valence-electron chi connectivity index (χ4n) is 4.05. The minimum atomic E-state index is 0.0345. The molecule has 1 saturated carbocycles. The third kappa shape index (κ3) is 4.89. The summed E-state index contributed by atoms with van der Waals surface area (Å²) in [5.41, 5.74) is 2.74. The topological polar surface area (TPSA) is 35.6 Å². The number of nitrogens with zero attached hydrogens (tertiary/aromatic N) is 2. The van der Waals surface area contributed by atoms with E-state index >= 15 is 0 Å². The maximum Gasteiger partial charge on any atom is 0.317 e. The Kier molecular flexibility index (Phi) is 6.24. The minimum Gasteiger partial charge on any atom is -0.335 e. The molecule has 0 spiro atoms. The largest absolute Gasteiger partial charge is 0.335 e. The number of rotatable bonds is 4. The highest BCUT2D eigenvalue weighted by Crippen LogP contribution is 2.29. The number of hydrogen-bond acceptors (Lipinski definition) is 2. The lowest BCUT2D eigenvalue weighted by Crippen LogP contribution is -2.43. The lowest BCUT2D eigenvalue weighted by atomic mass is 9.84. The Hall–Kier alpha value is -1.26. The molecular formula is C20H30ClN3O. The molecule has 0 radical (unpaired) electrons. The van der Waals surface area contributed by atoms with Crippen molar-refractivity contribution in [2.24, 2.45) is 5.92 Å². The monoisotopic (exact) mass is 363 g/mol. The average Bonchev–Trinajstić information content (AvgIpc) is 2.61. The normalized spacial score (nSPS) is 23.8. The van der Waals surface area contributed by atoms with Crippen molar-refractivity contribution in [3.05, 3.63) is 34.3 Å². The van der Waals surface area contributed by atoms with Crippen LogP contribution in [0.4, 0.5) is 4.79 Å². The summed E-state index contributed by atoms with van der Waals surface area (Å²) in [4.78, 5) is 15.9. The third-order valence-corrected chi connectivity index (χ3v) is 6.08.